The molecule has 2 fully saturated rings. The average molecular weight is 166 g/mol. The molecule has 0 spiro atoms. The molecule has 1 N–H and O–H groups in total. The van der Waals surface area contributed by atoms with Gasteiger partial charge in [0.15, 0.2) is 0 Å². The zero-order valence-electron chi connectivity index (χ0n) is 7.29. The highest BCUT2D eigenvalue weighted by Gasteiger charge is 2.40. The van der Waals surface area contributed by atoms with E-state index in [4.69, 9.17) is 10.00 Å². The molecule has 3 heteroatoms. The fourth-order valence-electron chi connectivity index (χ4n) is 2.17. The van der Waals surface area contributed by atoms with Crippen LogP contribution in [0.3, 0.4) is 0 Å². The number of rotatable bonds is 2. The van der Waals surface area contributed by atoms with E-state index in [1.54, 1.807) is 0 Å². The second kappa shape index (κ2) is 3.04. The topological polar surface area (TPSA) is 45.0 Å². The molecule has 0 amide bonds. The molecular weight excluding hydrogens is 152 g/mol. The van der Waals surface area contributed by atoms with Gasteiger partial charge in [-0.05, 0) is 26.2 Å². The van der Waals surface area contributed by atoms with Crippen LogP contribution >= 0.6 is 0 Å². The number of ether oxygens (including phenoxy) is 1. The summed E-state index contributed by atoms with van der Waals surface area (Å²) in [6, 6.07) is 2.57. The molecule has 0 aromatic heterocycles. The maximum atomic E-state index is 8.61. The molecule has 2 rings (SSSR count). The number of hydrogen-bond acceptors (Lipinski definition) is 3. The van der Waals surface area contributed by atoms with E-state index >= 15 is 0 Å². The number of hydrogen-bond donors (Lipinski definition) is 1. The summed E-state index contributed by atoms with van der Waals surface area (Å²) in [5.41, 5.74) is 0. The van der Waals surface area contributed by atoms with Crippen molar-refractivity contribution in [3.63, 3.8) is 0 Å². The maximum Gasteiger partial charge on any atom is 0.0927 e. The van der Waals surface area contributed by atoms with Gasteiger partial charge in [-0.1, -0.05) is 0 Å². The lowest BCUT2D eigenvalue weighted by atomic mass is 9.95. The largest absolute Gasteiger partial charge is 0.373 e. The lowest BCUT2D eigenvalue weighted by Crippen LogP contribution is -2.41. The van der Waals surface area contributed by atoms with Crippen molar-refractivity contribution in [2.45, 2.75) is 50.5 Å². The molecule has 66 valence electrons. The second-order valence-electron chi connectivity index (χ2n) is 3.73. The van der Waals surface area contributed by atoms with Crippen LogP contribution in [0.15, 0.2) is 0 Å². The Bertz CT molecular complexity index is 211. The summed E-state index contributed by atoms with van der Waals surface area (Å²) in [5.74, 6) is 0. The minimum Gasteiger partial charge on any atom is -0.373 e. The minimum atomic E-state index is -0.0436. The van der Waals surface area contributed by atoms with Crippen LogP contribution in [0.4, 0.5) is 0 Å². The van der Waals surface area contributed by atoms with Gasteiger partial charge in [0.1, 0.15) is 0 Å². The first-order valence-electron chi connectivity index (χ1n) is 4.60. The van der Waals surface area contributed by atoms with Gasteiger partial charge < -0.3 is 4.74 Å². The Morgan fingerprint density at radius 2 is 2.42 bits per heavy atom. The number of fused-ring (bicyclic) bond motifs is 2. The smallest absolute Gasteiger partial charge is 0.0927 e. The predicted octanol–water partition coefficient (Wildman–Crippen LogP) is 0.808. The van der Waals surface area contributed by atoms with Gasteiger partial charge in [-0.2, -0.15) is 5.26 Å². The molecule has 3 nitrogen and oxygen atoms in total. The predicted molar refractivity (Wildman–Crippen MR) is 44.5 cm³/mol. The summed E-state index contributed by atoms with van der Waals surface area (Å²) < 4.78 is 5.66. The number of nitrogens with zero attached hydrogens (tertiary/aromatic N) is 1. The molecule has 12 heavy (non-hydrogen) atoms. The fraction of sp³-hybridized carbons (Fsp3) is 0.889. The zero-order valence-corrected chi connectivity index (χ0v) is 7.29. The van der Waals surface area contributed by atoms with Crippen molar-refractivity contribution < 1.29 is 4.74 Å². The Kier molecular flexibility index (Phi) is 2.03. The molecule has 0 aromatic carbocycles. The van der Waals surface area contributed by atoms with Crippen LogP contribution in [0.25, 0.3) is 0 Å². The van der Waals surface area contributed by atoms with Crippen molar-refractivity contribution >= 4 is 0 Å². The van der Waals surface area contributed by atoms with Gasteiger partial charge in [0.2, 0.25) is 0 Å². The summed E-state index contributed by atoms with van der Waals surface area (Å²) in [5, 5.41) is 11.9. The van der Waals surface area contributed by atoms with Gasteiger partial charge in [0, 0.05) is 6.04 Å². The van der Waals surface area contributed by atoms with Crippen molar-refractivity contribution in [3.05, 3.63) is 0 Å². The third-order valence-corrected chi connectivity index (χ3v) is 2.76. The van der Waals surface area contributed by atoms with Crippen LogP contribution in [0, 0.1) is 11.3 Å². The molecular formula is C9H14N2O. The highest BCUT2D eigenvalue weighted by molar-refractivity contribution is 4.98. The maximum absolute atomic E-state index is 8.61. The quantitative estimate of drug-likeness (QED) is 0.660. The van der Waals surface area contributed by atoms with Crippen LogP contribution < -0.4 is 5.32 Å². The van der Waals surface area contributed by atoms with Gasteiger partial charge in [0.25, 0.3) is 0 Å². The Hall–Kier alpha value is -0.590. The molecule has 2 bridgehead atoms. The van der Waals surface area contributed by atoms with E-state index in [9.17, 15) is 0 Å². The third kappa shape index (κ3) is 1.33. The van der Waals surface area contributed by atoms with E-state index in [2.05, 4.69) is 11.4 Å². The van der Waals surface area contributed by atoms with Gasteiger partial charge >= 0.3 is 0 Å². The highest BCUT2D eigenvalue weighted by Crippen LogP contribution is 2.34. The van der Waals surface area contributed by atoms with Crippen LogP contribution in [0.1, 0.15) is 26.2 Å². The summed E-state index contributed by atoms with van der Waals surface area (Å²) in [6.07, 6.45) is 4.32. The van der Waals surface area contributed by atoms with E-state index < -0.39 is 0 Å². The molecule has 0 aromatic rings. The van der Waals surface area contributed by atoms with Crippen molar-refractivity contribution in [2.75, 3.05) is 0 Å². The molecule has 2 aliphatic heterocycles. The van der Waals surface area contributed by atoms with Crippen LogP contribution in [-0.4, -0.2) is 24.3 Å². The van der Waals surface area contributed by atoms with Gasteiger partial charge in [-0.25, -0.2) is 0 Å². The monoisotopic (exact) mass is 166 g/mol. The van der Waals surface area contributed by atoms with Crippen molar-refractivity contribution in [2.24, 2.45) is 0 Å². The van der Waals surface area contributed by atoms with E-state index in [0.717, 1.165) is 6.42 Å². The third-order valence-electron chi connectivity index (χ3n) is 2.76. The molecule has 0 radical (unpaired) electrons. The van der Waals surface area contributed by atoms with Crippen molar-refractivity contribution in [3.8, 4) is 6.07 Å². The second-order valence-corrected chi connectivity index (χ2v) is 3.73. The van der Waals surface area contributed by atoms with E-state index in [0.29, 0.717) is 18.2 Å². The Balaban J connectivity index is 1.87. The van der Waals surface area contributed by atoms with Gasteiger partial charge in [-0.15, -0.1) is 0 Å². The van der Waals surface area contributed by atoms with Crippen molar-refractivity contribution in [1.82, 2.24) is 5.32 Å². The first-order chi connectivity index (χ1) is 5.79. The highest BCUT2D eigenvalue weighted by atomic mass is 16.5. The first-order valence-corrected chi connectivity index (χ1v) is 4.60. The summed E-state index contributed by atoms with van der Waals surface area (Å²) >= 11 is 0. The van der Waals surface area contributed by atoms with E-state index in [1.807, 2.05) is 6.92 Å². The molecule has 4 atom stereocenters. The molecule has 2 saturated heterocycles. The Morgan fingerprint density at radius 3 is 2.92 bits per heavy atom. The van der Waals surface area contributed by atoms with Crippen LogP contribution in [0.5, 0.6) is 0 Å². The van der Waals surface area contributed by atoms with E-state index in [-0.39, 0.29) is 6.04 Å². The zero-order chi connectivity index (χ0) is 8.55. The lowest BCUT2D eigenvalue weighted by molar-refractivity contribution is 0.0969. The fourth-order valence-corrected chi connectivity index (χ4v) is 2.17. The molecule has 0 aliphatic carbocycles. The van der Waals surface area contributed by atoms with Gasteiger partial charge in [-0.3, -0.25) is 5.32 Å². The van der Waals surface area contributed by atoms with Crippen LogP contribution in [-0.2, 0) is 4.74 Å². The minimum absolute atomic E-state index is 0.0436. The normalized spacial score (nSPS) is 41.2. The van der Waals surface area contributed by atoms with Crippen molar-refractivity contribution in [1.29, 1.82) is 5.26 Å². The van der Waals surface area contributed by atoms with Gasteiger partial charge in [0.05, 0.1) is 24.3 Å². The molecule has 2 aliphatic rings. The molecule has 0 saturated carbocycles. The first kappa shape index (κ1) is 8.03. The number of nitriles is 1. The lowest BCUT2D eigenvalue weighted by Gasteiger charge is -2.21. The summed E-state index contributed by atoms with van der Waals surface area (Å²) in [4.78, 5) is 0. The molecule has 4 unspecified atom stereocenters. The average Bonchev–Trinajstić information content (AvgIpc) is 2.64. The number of nitrogens with one attached hydrogen (secondary N) is 1. The molecule has 2 heterocycles. The standard InChI is InChI=1S/C9H14N2O/c1-6(5-10)11-8-4-7-2-3-9(8)12-7/h6-9,11H,2-4H2,1H3. The SMILES string of the molecule is CC(C#N)NC1CC2CCC1O2. The Morgan fingerprint density at radius 1 is 1.58 bits per heavy atom. The summed E-state index contributed by atoms with van der Waals surface area (Å²) in [7, 11) is 0. The van der Waals surface area contributed by atoms with E-state index in [1.165, 1.54) is 12.8 Å². The van der Waals surface area contributed by atoms with Crippen LogP contribution in [0.2, 0.25) is 0 Å². The Labute approximate surface area is 72.7 Å². The summed E-state index contributed by atoms with van der Waals surface area (Å²) in [6.45, 7) is 1.89.